The molecule has 1 saturated heterocycles. The zero-order valence-corrected chi connectivity index (χ0v) is 15.9. The molecule has 1 fully saturated rings. The van der Waals surface area contributed by atoms with E-state index in [-0.39, 0.29) is 18.4 Å². The molecule has 0 amide bonds. The van der Waals surface area contributed by atoms with E-state index in [1.807, 2.05) is 0 Å². The minimum Gasteiger partial charge on any atom is -0.374 e. The molecule has 3 heteroatoms. The Bertz CT molecular complexity index is 639. The van der Waals surface area contributed by atoms with Crippen LogP contribution < -0.4 is 5.32 Å². The number of hydrogen-bond acceptors (Lipinski definition) is 1. The van der Waals surface area contributed by atoms with Crippen LogP contribution in [-0.4, -0.2) is 12.4 Å². The van der Waals surface area contributed by atoms with Crippen LogP contribution in [0.2, 0.25) is 0 Å². The van der Waals surface area contributed by atoms with Crippen LogP contribution in [0.5, 0.6) is 0 Å². The molecular formula is C22H29ClN2. The third kappa shape index (κ3) is 6.21. The maximum atomic E-state index is 4.90. The fourth-order valence-electron chi connectivity index (χ4n) is 3.23. The van der Waals surface area contributed by atoms with Crippen molar-refractivity contribution in [1.29, 1.82) is 0 Å². The first-order valence-electron chi connectivity index (χ1n) is 9.24. The Kier molecular flexibility index (Phi) is 8.00. The van der Waals surface area contributed by atoms with Gasteiger partial charge in [-0.15, -0.1) is 12.4 Å². The first kappa shape index (κ1) is 19.5. The predicted molar refractivity (Wildman–Crippen MR) is 110 cm³/mol. The lowest BCUT2D eigenvalue weighted by Gasteiger charge is -2.12. The average molecular weight is 357 g/mol. The average Bonchev–Trinajstić information content (AvgIpc) is 2.90. The highest BCUT2D eigenvalue weighted by Gasteiger charge is 2.08. The van der Waals surface area contributed by atoms with Crippen LogP contribution in [0.3, 0.4) is 0 Å². The number of benzene rings is 2. The molecule has 0 spiro atoms. The highest BCUT2D eigenvalue weighted by atomic mass is 35.5. The van der Waals surface area contributed by atoms with E-state index in [4.69, 9.17) is 4.99 Å². The molecule has 134 valence electrons. The zero-order chi connectivity index (χ0) is 16.6. The topological polar surface area (TPSA) is 24.4 Å². The number of aliphatic imine (C=N–C) groups is 1. The summed E-state index contributed by atoms with van der Waals surface area (Å²) in [6.07, 6.45) is 7.13. The molecule has 1 unspecified atom stereocenters. The van der Waals surface area contributed by atoms with E-state index in [0.717, 1.165) is 25.8 Å². The summed E-state index contributed by atoms with van der Waals surface area (Å²) in [4.78, 5) is 4.90. The van der Waals surface area contributed by atoms with E-state index < -0.39 is 0 Å². The van der Waals surface area contributed by atoms with Gasteiger partial charge in [0.25, 0.3) is 0 Å². The monoisotopic (exact) mass is 356 g/mol. The standard InChI is InChI=1S/C22H28N2.ClH/c1-18(24-22-10-6-3-7-17-23-22)21-15-13-20(14-16-21)12-11-19-8-4-2-5-9-19;/h2,4-5,8-9,13-16,18H,3,6-7,10-12,17H2,1H3,(H,23,24);1H. The van der Waals surface area contributed by atoms with Crippen molar-refractivity contribution < 1.29 is 0 Å². The molecule has 0 radical (unpaired) electrons. The Hall–Kier alpha value is -1.80. The van der Waals surface area contributed by atoms with Gasteiger partial charge in [0.15, 0.2) is 0 Å². The van der Waals surface area contributed by atoms with E-state index >= 15 is 0 Å². The number of nitrogens with one attached hydrogen (secondary N) is 1. The quantitative estimate of drug-likeness (QED) is 0.749. The maximum Gasteiger partial charge on any atom is 0.0970 e. The number of amidine groups is 1. The molecule has 2 aromatic rings. The second kappa shape index (κ2) is 10.2. The molecule has 1 N–H and O–H groups in total. The Morgan fingerprint density at radius 1 is 0.880 bits per heavy atom. The van der Waals surface area contributed by atoms with Crippen molar-refractivity contribution in [2.45, 2.75) is 51.5 Å². The van der Waals surface area contributed by atoms with E-state index in [1.165, 1.54) is 41.8 Å². The molecule has 1 heterocycles. The SMILES string of the molecule is CC(/N=C1\CCCCCN1)c1ccc(CCc2ccccc2)cc1.Cl. The first-order chi connectivity index (χ1) is 11.8. The van der Waals surface area contributed by atoms with Gasteiger partial charge in [0.2, 0.25) is 0 Å². The summed E-state index contributed by atoms with van der Waals surface area (Å²) in [5.74, 6) is 1.19. The minimum absolute atomic E-state index is 0. The van der Waals surface area contributed by atoms with Gasteiger partial charge in [0.1, 0.15) is 0 Å². The Balaban J connectivity index is 0.00000225. The second-order valence-electron chi connectivity index (χ2n) is 6.72. The summed E-state index contributed by atoms with van der Waals surface area (Å²) >= 11 is 0. The van der Waals surface area contributed by atoms with Gasteiger partial charge in [-0.2, -0.15) is 0 Å². The summed E-state index contributed by atoms with van der Waals surface area (Å²) in [5.41, 5.74) is 4.10. The second-order valence-corrected chi connectivity index (χ2v) is 6.72. The van der Waals surface area contributed by atoms with Gasteiger partial charge in [-0.05, 0) is 49.3 Å². The normalized spacial score (nSPS) is 17.2. The molecular weight excluding hydrogens is 328 g/mol. The number of nitrogens with zero attached hydrogens (tertiary/aromatic N) is 1. The van der Waals surface area contributed by atoms with E-state index in [1.54, 1.807) is 0 Å². The van der Waals surface area contributed by atoms with Crippen LogP contribution in [0.1, 0.15) is 55.3 Å². The number of halogens is 1. The minimum atomic E-state index is 0. The van der Waals surface area contributed by atoms with Crippen LogP contribution in [0.15, 0.2) is 59.6 Å². The summed E-state index contributed by atoms with van der Waals surface area (Å²) in [6, 6.07) is 19.9. The molecule has 0 bridgehead atoms. The molecule has 2 nitrogen and oxygen atoms in total. The molecule has 0 aliphatic carbocycles. The number of rotatable bonds is 5. The lowest BCUT2D eigenvalue weighted by atomic mass is 10.0. The van der Waals surface area contributed by atoms with Gasteiger partial charge in [0, 0.05) is 13.0 Å². The van der Waals surface area contributed by atoms with Crippen molar-refractivity contribution in [2.75, 3.05) is 6.54 Å². The van der Waals surface area contributed by atoms with Gasteiger partial charge in [0.05, 0.1) is 11.9 Å². The number of hydrogen-bond donors (Lipinski definition) is 1. The molecule has 1 aliphatic heterocycles. The number of aryl methyl sites for hydroxylation is 2. The highest BCUT2D eigenvalue weighted by Crippen LogP contribution is 2.19. The van der Waals surface area contributed by atoms with Crippen molar-refractivity contribution in [2.24, 2.45) is 4.99 Å². The Labute approximate surface area is 158 Å². The van der Waals surface area contributed by atoms with Gasteiger partial charge < -0.3 is 5.32 Å². The summed E-state index contributed by atoms with van der Waals surface area (Å²) < 4.78 is 0. The predicted octanol–water partition coefficient (Wildman–Crippen LogP) is 5.52. The van der Waals surface area contributed by atoms with Gasteiger partial charge in [-0.25, -0.2) is 0 Å². The van der Waals surface area contributed by atoms with E-state index in [9.17, 15) is 0 Å². The third-order valence-electron chi connectivity index (χ3n) is 4.78. The summed E-state index contributed by atoms with van der Waals surface area (Å²) in [7, 11) is 0. The van der Waals surface area contributed by atoms with Crippen molar-refractivity contribution in [3.05, 3.63) is 71.3 Å². The summed E-state index contributed by atoms with van der Waals surface area (Å²) in [5, 5.41) is 3.48. The third-order valence-corrected chi connectivity index (χ3v) is 4.78. The zero-order valence-electron chi connectivity index (χ0n) is 15.1. The Morgan fingerprint density at radius 3 is 2.28 bits per heavy atom. The van der Waals surface area contributed by atoms with Crippen molar-refractivity contribution >= 4 is 18.2 Å². The van der Waals surface area contributed by atoms with Crippen LogP contribution in [0.25, 0.3) is 0 Å². The molecule has 25 heavy (non-hydrogen) atoms. The molecule has 1 atom stereocenters. The molecule has 1 aliphatic rings. The van der Waals surface area contributed by atoms with Crippen molar-refractivity contribution in [3.8, 4) is 0 Å². The van der Waals surface area contributed by atoms with Gasteiger partial charge in [-0.3, -0.25) is 4.99 Å². The van der Waals surface area contributed by atoms with Crippen LogP contribution in [0.4, 0.5) is 0 Å². The fraction of sp³-hybridized carbons (Fsp3) is 0.409. The van der Waals surface area contributed by atoms with E-state index in [0.29, 0.717) is 0 Å². The van der Waals surface area contributed by atoms with Crippen LogP contribution in [-0.2, 0) is 12.8 Å². The summed E-state index contributed by atoms with van der Waals surface area (Å²) in [6.45, 7) is 3.27. The molecule has 3 rings (SSSR count). The van der Waals surface area contributed by atoms with Gasteiger partial charge in [-0.1, -0.05) is 61.0 Å². The lowest BCUT2D eigenvalue weighted by molar-refractivity contribution is 0.721. The first-order valence-corrected chi connectivity index (χ1v) is 9.24. The van der Waals surface area contributed by atoms with Crippen LogP contribution in [0, 0.1) is 0 Å². The van der Waals surface area contributed by atoms with Crippen molar-refractivity contribution in [3.63, 3.8) is 0 Å². The van der Waals surface area contributed by atoms with Crippen molar-refractivity contribution in [1.82, 2.24) is 5.32 Å². The Morgan fingerprint density at radius 2 is 1.56 bits per heavy atom. The smallest absolute Gasteiger partial charge is 0.0970 e. The maximum absolute atomic E-state index is 4.90. The van der Waals surface area contributed by atoms with Crippen LogP contribution >= 0.6 is 12.4 Å². The van der Waals surface area contributed by atoms with E-state index in [2.05, 4.69) is 66.8 Å². The molecule has 2 aromatic carbocycles. The lowest BCUT2D eigenvalue weighted by Crippen LogP contribution is -2.22. The fourth-order valence-corrected chi connectivity index (χ4v) is 3.23. The molecule has 0 saturated carbocycles. The largest absolute Gasteiger partial charge is 0.374 e. The van der Waals surface area contributed by atoms with Gasteiger partial charge >= 0.3 is 0 Å². The molecule has 0 aromatic heterocycles. The highest BCUT2D eigenvalue weighted by molar-refractivity contribution is 5.85.